The van der Waals surface area contributed by atoms with Crippen LogP contribution in [0.1, 0.15) is 32.0 Å². The van der Waals surface area contributed by atoms with Crippen molar-refractivity contribution in [2.45, 2.75) is 32.7 Å². The predicted molar refractivity (Wildman–Crippen MR) is 81.3 cm³/mol. The highest BCUT2D eigenvalue weighted by molar-refractivity contribution is 5.73. The summed E-state index contributed by atoms with van der Waals surface area (Å²) in [5.74, 6) is -0.170. The van der Waals surface area contributed by atoms with Gasteiger partial charge in [-0.2, -0.15) is 5.10 Å². The first kappa shape index (κ1) is 17.4. The van der Waals surface area contributed by atoms with E-state index in [2.05, 4.69) is 5.10 Å². The number of ether oxygens (including phenoxy) is 1. The first-order valence-electron chi connectivity index (χ1n) is 7.16. The Labute approximate surface area is 125 Å². The molecule has 1 atom stereocenters. The number of carbonyl (C=O) groups excluding carboxylic acids is 1. The van der Waals surface area contributed by atoms with Crippen LogP contribution in [-0.4, -0.2) is 48.4 Å². The Bertz CT molecular complexity index is 523. The molecule has 1 heterocycles. The van der Waals surface area contributed by atoms with Crippen LogP contribution in [0.25, 0.3) is 0 Å². The van der Waals surface area contributed by atoms with Gasteiger partial charge in [-0.25, -0.2) is 9.48 Å². The van der Waals surface area contributed by atoms with Gasteiger partial charge in [0.2, 0.25) is 0 Å². The highest BCUT2D eigenvalue weighted by Gasteiger charge is 2.24. The summed E-state index contributed by atoms with van der Waals surface area (Å²) in [7, 11) is 5.29. The minimum Gasteiger partial charge on any atom is -0.467 e. The number of nitrogens with zero attached hydrogens (tertiary/aromatic N) is 3. The minimum absolute atomic E-state index is 0.258. The van der Waals surface area contributed by atoms with Crippen LogP contribution < -0.4 is 5.56 Å². The summed E-state index contributed by atoms with van der Waals surface area (Å²) in [6.07, 6.45) is 1.25. The van der Waals surface area contributed by atoms with Crippen molar-refractivity contribution < 1.29 is 9.53 Å². The zero-order valence-electron chi connectivity index (χ0n) is 13.5. The highest BCUT2D eigenvalue weighted by Crippen LogP contribution is 2.16. The van der Waals surface area contributed by atoms with Gasteiger partial charge in [-0.15, -0.1) is 0 Å². The van der Waals surface area contributed by atoms with Gasteiger partial charge in [0.05, 0.1) is 12.8 Å². The normalized spacial score (nSPS) is 12.7. The lowest BCUT2D eigenvalue weighted by atomic mass is 10.0. The second-order valence-corrected chi connectivity index (χ2v) is 5.83. The number of carbonyl (C=O) groups is 1. The van der Waals surface area contributed by atoms with E-state index < -0.39 is 12.0 Å². The number of likely N-dealkylation sites (N-methyl/N-ethyl adjacent to an activating group) is 1. The zero-order valence-corrected chi connectivity index (χ0v) is 13.5. The minimum atomic E-state index is -0.665. The largest absolute Gasteiger partial charge is 0.467 e. The fourth-order valence-electron chi connectivity index (χ4n) is 2.04. The predicted octanol–water partition coefficient (Wildman–Crippen LogP) is 1.11. The fraction of sp³-hybridized carbons (Fsp3) is 0.667. The molecule has 21 heavy (non-hydrogen) atoms. The molecule has 6 heteroatoms. The molecule has 1 rings (SSSR count). The molecule has 0 amide bonds. The number of aromatic nitrogens is 2. The average Bonchev–Trinajstić information content (AvgIpc) is 2.43. The molecule has 6 nitrogen and oxygen atoms in total. The summed E-state index contributed by atoms with van der Waals surface area (Å²) in [5, 5.41) is 4.34. The SMILES string of the molecule is COC(=O)[C@H](CC(C)C)n1nc(CCN(C)C)ccc1=O. The maximum absolute atomic E-state index is 12.0. The number of hydrogen-bond acceptors (Lipinski definition) is 5. The van der Waals surface area contributed by atoms with Gasteiger partial charge in [0, 0.05) is 19.0 Å². The Morgan fingerprint density at radius 2 is 2.05 bits per heavy atom. The smallest absolute Gasteiger partial charge is 0.330 e. The molecule has 0 saturated heterocycles. The third kappa shape index (κ3) is 5.30. The zero-order chi connectivity index (χ0) is 16.0. The molecule has 118 valence electrons. The number of esters is 1. The molecule has 0 N–H and O–H groups in total. The van der Waals surface area contributed by atoms with Gasteiger partial charge in [-0.3, -0.25) is 4.79 Å². The Morgan fingerprint density at radius 3 is 2.57 bits per heavy atom. The lowest BCUT2D eigenvalue weighted by molar-refractivity contribution is -0.145. The Morgan fingerprint density at radius 1 is 1.38 bits per heavy atom. The van der Waals surface area contributed by atoms with E-state index in [1.54, 1.807) is 6.07 Å². The van der Waals surface area contributed by atoms with Crippen molar-refractivity contribution in [2.24, 2.45) is 5.92 Å². The monoisotopic (exact) mass is 295 g/mol. The summed E-state index contributed by atoms with van der Waals surface area (Å²) < 4.78 is 6.07. The molecule has 1 aromatic rings. The van der Waals surface area contributed by atoms with E-state index in [0.717, 1.165) is 18.7 Å². The van der Waals surface area contributed by atoms with Crippen LogP contribution in [0, 0.1) is 5.92 Å². The van der Waals surface area contributed by atoms with Crippen molar-refractivity contribution in [2.75, 3.05) is 27.7 Å². The molecule has 0 aliphatic rings. The quantitative estimate of drug-likeness (QED) is 0.705. The second-order valence-electron chi connectivity index (χ2n) is 5.83. The topological polar surface area (TPSA) is 64.4 Å². The number of rotatable bonds is 7. The average molecular weight is 295 g/mol. The lowest BCUT2D eigenvalue weighted by Crippen LogP contribution is -2.34. The number of methoxy groups -OCH3 is 1. The molecular weight excluding hydrogens is 270 g/mol. The molecule has 0 fully saturated rings. The third-order valence-corrected chi connectivity index (χ3v) is 3.16. The molecule has 0 aromatic carbocycles. The van der Waals surface area contributed by atoms with E-state index in [0.29, 0.717) is 6.42 Å². The molecule has 1 aromatic heterocycles. The van der Waals surface area contributed by atoms with Gasteiger partial charge in [0.25, 0.3) is 5.56 Å². The fourth-order valence-corrected chi connectivity index (χ4v) is 2.04. The Hall–Kier alpha value is -1.69. The van der Waals surface area contributed by atoms with Crippen LogP contribution in [0.3, 0.4) is 0 Å². The molecule has 0 spiro atoms. The summed E-state index contributed by atoms with van der Waals surface area (Å²) in [4.78, 5) is 26.0. The first-order chi connectivity index (χ1) is 9.85. The second kappa shape index (κ2) is 7.93. The standard InChI is InChI=1S/C15H25N3O3/c1-11(2)10-13(15(20)21-5)18-14(19)7-6-12(16-18)8-9-17(3)4/h6-7,11,13H,8-10H2,1-5H3/t13-/m0/s1. The highest BCUT2D eigenvalue weighted by atomic mass is 16.5. The van der Waals surface area contributed by atoms with Crippen molar-refractivity contribution in [3.8, 4) is 0 Å². The van der Waals surface area contributed by atoms with Crippen molar-refractivity contribution in [1.29, 1.82) is 0 Å². The van der Waals surface area contributed by atoms with Gasteiger partial charge < -0.3 is 9.64 Å². The third-order valence-electron chi connectivity index (χ3n) is 3.16. The van der Waals surface area contributed by atoms with Crippen LogP contribution in [-0.2, 0) is 16.0 Å². The van der Waals surface area contributed by atoms with Crippen molar-refractivity contribution in [3.05, 3.63) is 28.2 Å². The van der Waals surface area contributed by atoms with E-state index in [1.165, 1.54) is 17.9 Å². The van der Waals surface area contributed by atoms with E-state index in [9.17, 15) is 9.59 Å². The van der Waals surface area contributed by atoms with Gasteiger partial charge in [0.15, 0.2) is 6.04 Å². The van der Waals surface area contributed by atoms with Gasteiger partial charge in [-0.1, -0.05) is 13.8 Å². The van der Waals surface area contributed by atoms with Crippen LogP contribution in [0.5, 0.6) is 0 Å². The molecule has 0 aliphatic heterocycles. The van der Waals surface area contributed by atoms with E-state index in [1.807, 2.05) is 32.8 Å². The van der Waals surface area contributed by atoms with Crippen molar-refractivity contribution in [1.82, 2.24) is 14.7 Å². The molecule has 0 unspecified atom stereocenters. The maximum atomic E-state index is 12.0. The molecule has 0 saturated carbocycles. The van der Waals surface area contributed by atoms with Crippen molar-refractivity contribution in [3.63, 3.8) is 0 Å². The van der Waals surface area contributed by atoms with Crippen LogP contribution in [0.15, 0.2) is 16.9 Å². The lowest BCUT2D eigenvalue weighted by Gasteiger charge is -2.19. The van der Waals surface area contributed by atoms with Crippen molar-refractivity contribution >= 4 is 5.97 Å². The van der Waals surface area contributed by atoms with Gasteiger partial charge in [-0.05, 0) is 32.5 Å². The molecule has 0 radical (unpaired) electrons. The summed E-state index contributed by atoms with van der Waals surface area (Å²) >= 11 is 0. The summed E-state index contributed by atoms with van der Waals surface area (Å²) in [6, 6.07) is 2.52. The summed E-state index contributed by atoms with van der Waals surface area (Å²) in [5.41, 5.74) is 0.514. The van der Waals surface area contributed by atoms with E-state index in [-0.39, 0.29) is 11.5 Å². The van der Waals surface area contributed by atoms with Crippen LogP contribution in [0.4, 0.5) is 0 Å². The van der Waals surface area contributed by atoms with Gasteiger partial charge in [0.1, 0.15) is 0 Å². The number of hydrogen-bond donors (Lipinski definition) is 0. The molecule has 0 bridgehead atoms. The van der Waals surface area contributed by atoms with Crippen LogP contribution >= 0.6 is 0 Å². The Kier molecular flexibility index (Phi) is 6.55. The maximum Gasteiger partial charge on any atom is 0.330 e. The van der Waals surface area contributed by atoms with Gasteiger partial charge >= 0.3 is 5.97 Å². The first-order valence-corrected chi connectivity index (χ1v) is 7.16. The summed E-state index contributed by atoms with van der Waals surface area (Å²) in [6.45, 7) is 4.83. The van der Waals surface area contributed by atoms with E-state index >= 15 is 0 Å². The molecular formula is C15H25N3O3. The van der Waals surface area contributed by atoms with Crippen LogP contribution in [0.2, 0.25) is 0 Å². The molecule has 0 aliphatic carbocycles. The Balaban J connectivity index is 3.08. The van der Waals surface area contributed by atoms with E-state index in [4.69, 9.17) is 4.74 Å².